The Bertz CT molecular complexity index is 891. The first-order valence-corrected chi connectivity index (χ1v) is 9.98. The number of hydrogen-bond donors (Lipinski definition) is 1. The van der Waals surface area contributed by atoms with Crippen molar-refractivity contribution in [3.63, 3.8) is 0 Å². The van der Waals surface area contributed by atoms with Gasteiger partial charge in [-0.1, -0.05) is 50.2 Å². The first-order chi connectivity index (χ1) is 13.9. The molecule has 6 nitrogen and oxygen atoms in total. The lowest BCUT2D eigenvalue weighted by Gasteiger charge is -2.30. The summed E-state index contributed by atoms with van der Waals surface area (Å²) >= 11 is 0. The van der Waals surface area contributed by atoms with Crippen molar-refractivity contribution in [3.8, 4) is 11.5 Å². The third-order valence-electron chi connectivity index (χ3n) is 5.35. The molecule has 0 saturated heterocycles. The van der Waals surface area contributed by atoms with Gasteiger partial charge >= 0.3 is 11.9 Å². The quantitative estimate of drug-likeness (QED) is 0.416. The van der Waals surface area contributed by atoms with Crippen molar-refractivity contribution in [2.75, 3.05) is 13.1 Å². The van der Waals surface area contributed by atoms with Gasteiger partial charge in [-0.05, 0) is 38.1 Å². The molecule has 3 rings (SSSR count). The fourth-order valence-electron chi connectivity index (χ4n) is 3.82. The highest BCUT2D eigenvalue weighted by Crippen LogP contribution is 2.39. The van der Waals surface area contributed by atoms with Crippen molar-refractivity contribution in [1.82, 2.24) is 4.90 Å². The van der Waals surface area contributed by atoms with Crippen LogP contribution < -0.4 is 9.47 Å². The average molecular weight is 397 g/mol. The number of carboxylic acid groups (broad SMARTS) is 1. The fourth-order valence-corrected chi connectivity index (χ4v) is 3.82. The van der Waals surface area contributed by atoms with Crippen molar-refractivity contribution in [3.05, 3.63) is 59.2 Å². The summed E-state index contributed by atoms with van der Waals surface area (Å²) < 4.78 is 11.8. The number of rotatable bonds is 8. The molecule has 1 heterocycles. The molecule has 0 aliphatic carbocycles. The predicted molar refractivity (Wildman–Crippen MR) is 109 cm³/mol. The molecule has 154 valence electrons. The van der Waals surface area contributed by atoms with E-state index in [4.69, 9.17) is 14.6 Å². The molecule has 2 atom stereocenters. The lowest BCUT2D eigenvalue weighted by Crippen LogP contribution is -2.37. The highest BCUT2D eigenvalue weighted by atomic mass is 16.5. The average Bonchev–Trinajstić information content (AvgIpc) is 2.69. The number of hydrogen-bond acceptors (Lipinski definition) is 5. The van der Waals surface area contributed by atoms with Gasteiger partial charge in [0.15, 0.2) is 0 Å². The summed E-state index contributed by atoms with van der Waals surface area (Å²) in [6, 6.07) is 12.9. The summed E-state index contributed by atoms with van der Waals surface area (Å²) in [5, 5.41) is 9.11. The van der Waals surface area contributed by atoms with E-state index in [2.05, 4.69) is 18.7 Å². The smallest absolute Gasteiger partial charge is 0.319 e. The van der Waals surface area contributed by atoms with Crippen molar-refractivity contribution in [1.29, 1.82) is 0 Å². The molecule has 2 unspecified atom stereocenters. The normalized spacial score (nSPS) is 16.8. The lowest BCUT2D eigenvalue weighted by molar-refractivity contribution is -0.138. The number of aliphatic carboxylic acids is 1. The molecule has 0 bridgehead atoms. The molecule has 1 N–H and O–H groups in total. The van der Waals surface area contributed by atoms with Gasteiger partial charge in [0, 0.05) is 11.1 Å². The van der Waals surface area contributed by atoms with E-state index in [1.54, 1.807) is 12.1 Å². The minimum atomic E-state index is -0.958. The summed E-state index contributed by atoms with van der Waals surface area (Å²) in [5.74, 6) is -0.796. The molecule has 6 heteroatoms. The standard InChI is InChI=1S/C23H27NO5/c1-4-24(5-2)15(3)28-20-12-7-6-11-18(20)19-13-16-9-8-10-17(14-21(25)26)22(16)29-23(19)27/h6-12,15,19H,4-5,13-14H2,1-3H3,(H,25,26). The zero-order valence-corrected chi connectivity index (χ0v) is 17.1. The minimum absolute atomic E-state index is 0.125. The summed E-state index contributed by atoms with van der Waals surface area (Å²) in [7, 11) is 0. The molecule has 0 spiro atoms. The number of nitrogens with zero attached hydrogens (tertiary/aromatic N) is 1. The number of fused-ring (bicyclic) bond motifs is 1. The summed E-state index contributed by atoms with van der Waals surface area (Å²) in [6.45, 7) is 7.89. The van der Waals surface area contributed by atoms with Crippen LogP contribution in [0, 0.1) is 0 Å². The van der Waals surface area contributed by atoms with Crippen molar-refractivity contribution in [2.24, 2.45) is 0 Å². The lowest BCUT2D eigenvalue weighted by atomic mass is 9.88. The topological polar surface area (TPSA) is 76.1 Å². The molecule has 29 heavy (non-hydrogen) atoms. The Labute approximate surface area is 171 Å². The Kier molecular flexibility index (Phi) is 6.54. The first-order valence-electron chi connectivity index (χ1n) is 9.98. The van der Waals surface area contributed by atoms with E-state index in [1.807, 2.05) is 37.3 Å². The Morgan fingerprint density at radius 3 is 2.62 bits per heavy atom. The van der Waals surface area contributed by atoms with E-state index in [1.165, 1.54) is 0 Å². The molecule has 0 fully saturated rings. The van der Waals surface area contributed by atoms with E-state index in [0.717, 1.165) is 24.2 Å². The van der Waals surface area contributed by atoms with Gasteiger partial charge in [-0.3, -0.25) is 14.5 Å². The van der Waals surface area contributed by atoms with Crippen LogP contribution in [0.1, 0.15) is 43.4 Å². The maximum absolute atomic E-state index is 12.8. The van der Waals surface area contributed by atoms with Gasteiger partial charge in [-0.2, -0.15) is 0 Å². The fraction of sp³-hybridized carbons (Fsp3) is 0.391. The highest BCUT2D eigenvalue weighted by Gasteiger charge is 2.33. The molecule has 0 aromatic heterocycles. The van der Waals surface area contributed by atoms with Gasteiger partial charge in [0.2, 0.25) is 0 Å². The molecule has 1 aliphatic heterocycles. The Hall–Kier alpha value is -2.86. The van der Waals surface area contributed by atoms with Gasteiger partial charge in [0.1, 0.15) is 17.7 Å². The Morgan fingerprint density at radius 2 is 1.93 bits per heavy atom. The summed E-state index contributed by atoms with van der Waals surface area (Å²) in [5.41, 5.74) is 2.13. The van der Waals surface area contributed by atoms with Gasteiger partial charge in [-0.15, -0.1) is 0 Å². The maximum Gasteiger partial charge on any atom is 0.319 e. The zero-order valence-electron chi connectivity index (χ0n) is 17.1. The third kappa shape index (κ3) is 4.59. The molecular weight excluding hydrogens is 370 g/mol. The second-order valence-electron chi connectivity index (χ2n) is 7.13. The highest BCUT2D eigenvalue weighted by molar-refractivity contribution is 5.85. The monoisotopic (exact) mass is 397 g/mol. The van der Waals surface area contributed by atoms with Crippen LogP contribution in [0.3, 0.4) is 0 Å². The van der Waals surface area contributed by atoms with Gasteiger partial charge in [-0.25, -0.2) is 0 Å². The first kappa shape index (κ1) is 20.9. The Morgan fingerprint density at radius 1 is 1.21 bits per heavy atom. The van der Waals surface area contributed by atoms with E-state index in [0.29, 0.717) is 23.5 Å². The van der Waals surface area contributed by atoms with Crippen LogP contribution in [0.15, 0.2) is 42.5 Å². The van der Waals surface area contributed by atoms with Crippen LogP contribution in [0.5, 0.6) is 11.5 Å². The van der Waals surface area contributed by atoms with Crippen LogP contribution in [-0.2, 0) is 22.4 Å². The van der Waals surface area contributed by atoms with Crippen molar-refractivity contribution < 1.29 is 24.2 Å². The number of carbonyl (C=O) groups is 2. The molecule has 0 amide bonds. The van der Waals surface area contributed by atoms with Gasteiger partial charge in [0.25, 0.3) is 0 Å². The predicted octanol–water partition coefficient (Wildman–Crippen LogP) is 3.63. The summed E-state index contributed by atoms with van der Waals surface area (Å²) in [6.07, 6.45) is 0.143. The van der Waals surface area contributed by atoms with Crippen LogP contribution in [0.4, 0.5) is 0 Å². The molecule has 1 aliphatic rings. The van der Waals surface area contributed by atoms with Crippen LogP contribution in [0.25, 0.3) is 0 Å². The molecule has 2 aromatic carbocycles. The number of carbonyl (C=O) groups excluding carboxylic acids is 1. The molecule has 0 saturated carbocycles. The van der Waals surface area contributed by atoms with Crippen LogP contribution >= 0.6 is 0 Å². The number of esters is 1. The van der Waals surface area contributed by atoms with Gasteiger partial charge < -0.3 is 14.6 Å². The van der Waals surface area contributed by atoms with Crippen molar-refractivity contribution in [2.45, 2.75) is 45.8 Å². The van der Waals surface area contributed by atoms with Crippen molar-refractivity contribution >= 4 is 11.9 Å². The Balaban J connectivity index is 1.89. The molecule has 2 aromatic rings. The number of benzene rings is 2. The van der Waals surface area contributed by atoms with E-state index < -0.39 is 11.9 Å². The number of para-hydroxylation sites is 2. The van der Waals surface area contributed by atoms with Gasteiger partial charge in [0.05, 0.1) is 12.3 Å². The maximum atomic E-state index is 12.8. The van der Waals surface area contributed by atoms with E-state index in [-0.39, 0.29) is 18.6 Å². The van der Waals surface area contributed by atoms with E-state index in [9.17, 15) is 9.59 Å². The molecule has 0 radical (unpaired) electrons. The van der Waals surface area contributed by atoms with Crippen LogP contribution in [-0.4, -0.2) is 41.3 Å². The number of carboxylic acids is 1. The second kappa shape index (κ2) is 9.09. The molecular formula is C23H27NO5. The number of ether oxygens (including phenoxy) is 2. The zero-order chi connectivity index (χ0) is 21.0. The van der Waals surface area contributed by atoms with Crippen LogP contribution in [0.2, 0.25) is 0 Å². The minimum Gasteiger partial charge on any atom is -0.481 e. The largest absolute Gasteiger partial charge is 0.481 e. The summed E-state index contributed by atoms with van der Waals surface area (Å²) in [4.78, 5) is 26.1. The third-order valence-corrected chi connectivity index (χ3v) is 5.35. The second-order valence-corrected chi connectivity index (χ2v) is 7.13. The SMILES string of the molecule is CCN(CC)C(C)Oc1ccccc1C1Cc2cccc(CC(=O)O)c2OC1=O. The van der Waals surface area contributed by atoms with E-state index >= 15 is 0 Å².